The summed E-state index contributed by atoms with van der Waals surface area (Å²) in [6.45, 7) is 0.861. The van der Waals surface area contributed by atoms with E-state index in [1.807, 2.05) is 48.7 Å². The normalized spacial score (nSPS) is 10.8. The second-order valence-corrected chi connectivity index (χ2v) is 4.57. The Morgan fingerprint density at radius 2 is 2.05 bits per heavy atom. The van der Waals surface area contributed by atoms with Crippen LogP contribution in [0.25, 0.3) is 22.2 Å². The number of aromatic amines is 1. The first kappa shape index (κ1) is 16.0. The van der Waals surface area contributed by atoms with E-state index in [9.17, 15) is 0 Å². The number of oxime groups is 1. The van der Waals surface area contributed by atoms with Crippen LogP contribution < -0.4 is 5.73 Å². The number of fused-ring (bicyclic) bond motifs is 1. The minimum atomic E-state index is 0. The molecule has 2 heterocycles. The molecule has 3 rings (SSSR count). The van der Waals surface area contributed by atoms with Gasteiger partial charge in [0.05, 0.1) is 23.1 Å². The Morgan fingerprint density at radius 1 is 1.23 bits per heavy atom. The molecule has 3 aromatic rings. The molecule has 0 aliphatic rings. The first-order valence-electron chi connectivity index (χ1n) is 6.77. The molecule has 22 heavy (non-hydrogen) atoms. The maximum absolute atomic E-state index is 5.34. The van der Waals surface area contributed by atoms with Gasteiger partial charge in [-0.3, -0.25) is 4.98 Å². The van der Waals surface area contributed by atoms with Crippen molar-refractivity contribution in [1.82, 2.24) is 9.97 Å². The number of benzene rings is 1. The fourth-order valence-corrected chi connectivity index (χ4v) is 2.16. The third kappa shape index (κ3) is 3.44. The van der Waals surface area contributed by atoms with Gasteiger partial charge in [-0.2, -0.15) is 0 Å². The monoisotopic (exact) mass is 316 g/mol. The van der Waals surface area contributed by atoms with Gasteiger partial charge in [-0.05, 0) is 12.1 Å². The van der Waals surface area contributed by atoms with Gasteiger partial charge in [0.2, 0.25) is 0 Å². The second kappa shape index (κ2) is 7.59. The molecule has 0 unspecified atom stereocenters. The average molecular weight is 317 g/mol. The SMILES string of the molecule is Cl.NCCON=Cc1cc2ccnc(-c3ccccc3)c2[nH]1. The van der Waals surface area contributed by atoms with Crippen LogP contribution in [0.5, 0.6) is 0 Å². The molecule has 0 saturated carbocycles. The molecule has 2 aromatic heterocycles. The molecule has 0 spiro atoms. The summed E-state index contributed by atoms with van der Waals surface area (Å²) in [4.78, 5) is 12.8. The third-order valence-electron chi connectivity index (χ3n) is 3.09. The fraction of sp³-hybridized carbons (Fsp3) is 0.125. The van der Waals surface area contributed by atoms with Crippen LogP contribution >= 0.6 is 12.4 Å². The molecule has 3 N–H and O–H groups in total. The molecular weight excluding hydrogens is 300 g/mol. The number of halogens is 1. The van der Waals surface area contributed by atoms with Crippen LogP contribution in [0.15, 0.2) is 53.8 Å². The van der Waals surface area contributed by atoms with Crippen molar-refractivity contribution in [2.75, 3.05) is 13.2 Å². The van der Waals surface area contributed by atoms with Crippen molar-refractivity contribution in [2.45, 2.75) is 0 Å². The second-order valence-electron chi connectivity index (χ2n) is 4.57. The molecule has 0 amide bonds. The highest BCUT2D eigenvalue weighted by Crippen LogP contribution is 2.25. The van der Waals surface area contributed by atoms with Gasteiger partial charge in [0.15, 0.2) is 0 Å². The zero-order valence-corrected chi connectivity index (χ0v) is 12.7. The summed E-state index contributed by atoms with van der Waals surface area (Å²) in [5.41, 5.74) is 9.20. The zero-order chi connectivity index (χ0) is 14.5. The molecule has 0 saturated heterocycles. The molecule has 0 bridgehead atoms. The number of hydrogen-bond acceptors (Lipinski definition) is 4. The highest BCUT2D eigenvalue weighted by molar-refractivity contribution is 5.96. The first-order chi connectivity index (χ1) is 10.4. The van der Waals surface area contributed by atoms with E-state index in [-0.39, 0.29) is 12.4 Å². The van der Waals surface area contributed by atoms with E-state index < -0.39 is 0 Å². The Bertz CT molecular complexity index is 755. The fourth-order valence-electron chi connectivity index (χ4n) is 2.16. The number of nitrogens with zero attached hydrogens (tertiary/aromatic N) is 2. The lowest BCUT2D eigenvalue weighted by Gasteiger charge is -2.01. The van der Waals surface area contributed by atoms with Gasteiger partial charge in [-0.25, -0.2) is 0 Å². The van der Waals surface area contributed by atoms with E-state index in [1.165, 1.54) is 0 Å². The lowest BCUT2D eigenvalue weighted by Crippen LogP contribution is -2.05. The Morgan fingerprint density at radius 3 is 2.82 bits per heavy atom. The average Bonchev–Trinajstić information content (AvgIpc) is 2.95. The van der Waals surface area contributed by atoms with Crippen LogP contribution in [0, 0.1) is 0 Å². The van der Waals surface area contributed by atoms with Crippen LogP contribution in [0.2, 0.25) is 0 Å². The van der Waals surface area contributed by atoms with E-state index in [2.05, 4.69) is 15.1 Å². The Balaban J connectivity index is 0.00000176. The largest absolute Gasteiger partial charge is 0.394 e. The van der Waals surface area contributed by atoms with Gasteiger partial charge >= 0.3 is 0 Å². The van der Waals surface area contributed by atoms with Crippen LogP contribution in [-0.2, 0) is 4.84 Å². The van der Waals surface area contributed by atoms with Crippen molar-refractivity contribution in [3.05, 3.63) is 54.4 Å². The summed E-state index contributed by atoms with van der Waals surface area (Å²) >= 11 is 0. The summed E-state index contributed by atoms with van der Waals surface area (Å²) in [5.74, 6) is 0. The van der Waals surface area contributed by atoms with Crippen LogP contribution in [-0.4, -0.2) is 29.3 Å². The number of H-pyrrole nitrogens is 1. The molecule has 0 radical (unpaired) electrons. The third-order valence-corrected chi connectivity index (χ3v) is 3.09. The summed E-state index contributed by atoms with van der Waals surface area (Å²) in [7, 11) is 0. The quantitative estimate of drug-likeness (QED) is 0.431. The Hall–Kier alpha value is -2.37. The highest BCUT2D eigenvalue weighted by Gasteiger charge is 2.07. The molecule has 5 nitrogen and oxygen atoms in total. The predicted octanol–water partition coefficient (Wildman–Crippen LogP) is 2.96. The van der Waals surface area contributed by atoms with E-state index >= 15 is 0 Å². The molecule has 0 aliphatic carbocycles. The van der Waals surface area contributed by atoms with Crippen molar-refractivity contribution >= 4 is 29.5 Å². The van der Waals surface area contributed by atoms with Crippen molar-refractivity contribution in [3.63, 3.8) is 0 Å². The molecular formula is C16H17ClN4O. The zero-order valence-electron chi connectivity index (χ0n) is 11.9. The van der Waals surface area contributed by atoms with Crippen molar-refractivity contribution in [3.8, 4) is 11.3 Å². The molecule has 1 aromatic carbocycles. The van der Waals surface area contributed by atoms with Crippen LogP contribution in [0.1, 0.15) is 5.69 Å². The van der Waals surface area contributed by atoms with E-state index in [4.69, 9.17) is 10.6 Å². The minimum Gasteiger partial charge on any atom is -0.394 e. The van der Waals surface area contributed by atoms with Gasteiger partial charge in [0.25, 0.3) is 0 Å². The van der Waals surface area contributed by atoms with Gasteiger partial charge in [-0.15, -0.1) is 12.4 Å². The van der Waals surface area contributed by atoms with E-state index in [1.54, 1.807) is 6.21 Å². The van der Waals surface area contributed by atoms with Crippen molar-refractivity contribution < 1.29 is 4.84 Å². The summed E-state index contributed by atoms with van der Waals surface area (Å²) in [6.07, 6.45) is 3.45. The number of nitrogens with two attached hydrogens (primary N) is 1. The van der Waals surface area contributed by atoms with E-state index in [0.717, 1.165) is 27.9 Å². The smallest absolute Gasteiger partial charge is 0.129 e. The molecule has 114 valence electrons. The Kier molecular flexibility index (Phi) is 5.52. The predicted molar refractivity (Wildman–Crippen MR) is 91.4 cm³/mol. The standard InChI is InChI=1S/C16H16N4O.ClH/c17-7-9-21-19-11-14-10-13-6-8-18-15(16(13)20-14)12-4-2-1-3-5-12;/h1-6,8,10-11,20H,7,9,17H2;1H. The Labute approximate surface area is 134 Å². The summed E-state index contributed by atoms with van der Waals surface area (Å²) in [5, 5.41) is 4.96. The minimum absolute atomic E-state index is 0. The molecule has 0 aliphatic heterocycles. The van der Waals surface area contributed by atoms with Crippen LogP contribution in [0.3, 0.4) is 0 Å². The summed E-state index contributed by atoms with van der Waals surface area (Å²) in [6, 6.07) is 14.1. The lowest BCUT2D eigenvalue weighted by molar-refractivity contribution is 0.154. The number of pyridine rings is 1. The lowest BCUT2D eigenvalue weighted by atomic mass is 10.1. The first-order valence-corrected chi connectivity index (χ1v) is 6.77. The van der Waals surface area contributed by atoms with E-state index in [0.29, 0.717) is 13.2 Å². The molecule has 0 atom stereocenters. The van der Waals surface area contributed by atoms with Crippen LogP contribution in [0.4, 0.5) is 0 Å². The van der Waals surface area contributed by atoms with Crippen molar-refractivity contribution in [1.29, 1.82) is 0 Å². The number of nitrogens with one attached hydrogen (secondary N) is 1. The number of rotatable bonds is 5. The summed E-state index contributed by atoms with van der Waals surface area (Å²) < 4.78 is 0. The maximum atomic E-state index is 5.34. The number of hydrogen-bond donors (Lipinski definition) is 2. The topological polar surface area (TPSA) is 76.3 Å². The van der Waals surface area contributed by atoms with Gasteiger partial charge in [-0.1, -0.05) is 35.5 Å². The molecule has 6 heteroatoms. The maximum Gasteiger partial charge on any atom is 0.129 e. The van der Waals surface area contributed by atoms with Crippen molar-refractivity contribution in [2.24, 2.45) is 10.9 Å². The highest BCUT2D eigenvalue weighted by atomic mass is 35.5. The molecule has 0 fully saturated rings. The van der Waals surface area contributed by atoms with Gasteiger partial charge in [0, 0.05) is 23.7 Å². The number of aromatic nitrogens is 2. The van der Waals surface area contributed by atoms with Gasteiger partial charge < -0.3 is 15.6 Å². The van der Waals surface area contributed by atoms with Gasteiger partial charge in [0.1, 0.15) is 6.61 Å².